The van der Waals surface area contributed by atoms with Gasteiger partial charge in [-0.05, 0) is 55.8 Å². The Kier molecular flexibility index (Phi) is 7.32. The highest BCUT2D eigenvalue weighted by Crippen LogP contribution is 2.46. The molecule has 0 unspecified atom stereocenters. The van der Waals surface area contributed by atoms with Gasteiger partial charge in [-0.15, -0.1) is 11.8 Å². The molecule has 1 saturated heterocycles. The molecule has 0 saturated carbocycles. The third-order valence-corrected chi connectivity index (χ3v) is 8.30. The molecule has 2 aliphatic rings. The predicted molar refractivity (Wildman–Crippen MR) is 135 cm³/mol. The molecule has 6 heteroatoms. The molecule has 1 fully saturated rings. The summed E-state index contributed by atoms with van der Waals surface area (Å²) < 4.78 is 6.10. The van der Waals surface area contributed by atoms with Crippen molar-refractivity contribution < 1.29 is 4.74 Å². The lowest BCUT2D eigenvalue weighted by molar-refractivity contribution is 0.252. The van der Waals surface area contributed by atoms with Gasteiger partial charge in [0.2, 0.25) is 0 Å². The Morgan fingerprint density at radius 3 is 2.58 bits per heavy atom. The summed E-state index contributed by atoms with van der Waals surface area (Å²) in [6.07, 6.45) is 2.43. The summed E-state index contributed by atoms with van der Waals surface area (Å²) in [4.78, 5) is 6.26. The van der Waals surface area contributed by atoms with E-state index in [2.05, 4.69) is 48.8 Å². The first-order valence-corrected chi connectivity index (χ1v) is 12.9. The van der Waals surface area contributed by atoms with Crippen LogP contribution in [0.25, 0.3) is 0 Å². The molecule has 31 heavy (non-hydrogen) atoms. The van der Waals surface area contributed by atoms with Crippen LogP contribution >= 0.6 is 35.0 Å². The van der Waals surface area contributed by atoms with Crippen LogP contribution in [0.3, 0.4) is 0 Å². The Balaban J connectivity index is 1.24. The van der Waals surface area contributed by atoms with Gasteiger partial charge < -0.3 is 9.64 Å². The number of aryl methyl sites for hydroxylation is 1. The molecule has 0 N–H and O–H groups in total. The maximum Gasteiger partial charge on any atom is 0.146 e. The summed E-state index contributed by atoms with van der Waals surface area (Å²) >= 11 is 14.7. The normalized spacial score (nSPS) is 18.2. The minimum Gasteiger partial charge on any atom is -0.490 e. The van der Waals surface area contributed by atoms with Crippen LogP contribution in [0.5, 0.6) is 5.75 Å². The summed E-state index contributed by atoms with van der Waals surface area (Å²) in [5, 5.41) is 1.68. The minimum atomic E-state index is 0.0251. The van der Waals surface area contributed by atoms with Gasteiger partial charge in [0.25, 0.3) is 0 Å². The van der Waals surface area contributed by atoms with Gasteiger partial charge in [0.05, 0.1) is 17.3 Å². The van der Waals surface area contributed by atoms with E-state index < -0.39 is 0 Å². The molecule has 0 aliphatic carbocycles. The first-order valence-electron chi connectivity index (χ1n) is 11.2. The van der Waals surface area contributed by atoms with Crippen molar-refractivity contribution in [2.24, 2.45) is 0 Å². The molecular weight excluding hydrogens is 447 g/mol. The quantitative estimate of drug-likeness (QED) is 0.326. The monoisotopic (exact) mass is 478 g/mol. The minimum absolute atomic E-state index is 0.0251. The van der Waals surface area contributed by atoms with E-state index in [0.717, 1.165) is 60.9 Å². The highest BCUT2D eigenvalue weighted by atomic mass is 35.5. The van der Waals surface area contributed by atoms with Crippen molar-refractivity contribution in [3.05, 3.63) is 51.5 Å². The lowest BCUT2D eigenvalue weighted by Gasteiger charge is -2.36. The van der Waals surface area contributed by atoms with E-state index in [1.165, 1.54) is 34.6 Å². The number of hydrogen-bond acceptors (Lipinski definition) is 4. The standard InChI is InChI=1S/C25H32Cl2N2OS/c1-18-7-6-8-21(27)24(18)31-14-5-4-9-28-10-12-29(13-11-28)22-16-19(26)15-20-23(22)30-17-25(20,2)3/h6-8,15-16H,4-5,9-14,17H2,1-3H3. The van der Waals surface area contributed by atoms with E-state index in [4.69, 9.17) is 27.9 Å². The molecule has 0 aromatic heterocycles. The van der Waals surface area contributed by atoms with E-state index in [9.17, 15) is 0 Å². The lowest BCUT2D eigenvalue weighted by atomic mass is 9.86. The van der Waals surface area contributed by atoms with E-state index >= 15 is 0 Å². The van der Waals surface area contributed by atoms with Crippen molar-refractivity contribution in [1.82, 2.24) is 4.90 Å². The Morgan fingerprint density at radius 2 is 1.84 bits per heavy atom. The zero-order valence-electron chi connectivity index (χ0n) is 18.7. The maximum absolute atomic E-state index is 6.46. The van der Waals surface area contributed by atoms with Crippen LogP contribution in [0.1, 0.15) is 37.8 Å². The van der Waals surface area contributed by atoms with Gasteiger partial charge in [-0.25, -0.2) is 0 Å². The Hall–Kier alpha value is -1.07. The third kappa shape index (κ3) is 5.30. The molecule has 2 aromatic rings. The number of thioether (sulfide) groups is 1. The van der Waals surface area contributed by atoms with Gasteiger partial charge in [0.1, 0.15) is 5.75 Å². The number of hydrogen-bond donors (Lipinski definition) is 0. The van der Waals surface area contributed by atoms with Crippen LogP contribution in [-0.2, 0) is 5.41 Å². The second-order valence-electron chi connectivity index (χ2n) is 9.24. The van der Waals surface area contributed by atoms with Crippen LogP contribution in [0.4, 0.5) is 5.69 Å². The van der Waals surface area contributed by atoms with E-state index in [0.29, 0.717) is 0 Å². The number of anilines is 1. The second kappa shape index (κ2) is 9.82. The number of nitrogens with zero attached hydrogens (tertiary/aromatic N) is 2. The molecule has 0 amide bonds. The van der Waals surface area contributed by atoms with Crippen LogP contribution in [0.2, 0.25) is 10.0 Å². The summed E-state index contributed by atoms with van der Waals surface area (Å²) in [6, 6.07) is 10.3. The topological polar surface area (TPSA) is 15.7 Å². The molecule has 0 bridgehead atoms. The molecule has 3 nitrogen and oxygen atoms in total. The zero-order chi connectivity index (χ0) is 22.0. The van der Waals surface area contributed by atoms with E-state index in [1.807, 2.05) is 23.9 Å². The van der Waals surface area contributed by atoms with E-state index in [1.54, 1.807) is 0 Å². The molecule has 2 aromatic carbocycles. The summed E-state index contributed by atoms with van der Waals surface area (Å²) in [6.45, 7) is 12.7. The largest absolute Gasteiger partial charge is 0.490 e. The maximum atomic E-state index is 6.46. The van der Waals surface area contributed by atoms with Crippen LogP contribution in [0.15, 0.2) is 35.2 Å². The Morgan fingerprint density at radius 1 is 1.06 bits per heavy atom. The number of benzene rings is 2. The molecular formula is C25H32Cl2N2OS. The van der Waals surface area contributed by atoms with Crippen molar-refractivity contribution in [3.8, 4) is 5.75 Å². The Bertz CT molecular complexity index is 906. The summed E-state index contributed by atoms with van der Waals surface area (Å²) in [7, 11) is 0. The second-order valence-corrected chi connectivity index (χ2v) is 11.2. The molecule has 4 rings (SSSR count). The predicted octanol–water partition coefficient (Wildman–Crippen LogP) is 6.67. The van der Waals surface area contributed by atoms with Crippen LogP contribution in [-0.4, -0.2) is 50.0 Å². The van der Waals surface area contributed by atoms with Crippen molar-refractivity contribution in [2.75, 3.05) is 50.0 Å². The number of piperazine rings is 1. The molecule has 0 spiro atoms. The van der Waals surface area contributed by atoms with Crippen molar-refractivity contribution in [2.45, 2.75) is 43.9 Å². The first kappa shape index (κ1) is 23.1. The average Bonchev–Trinajstić information content (AvgIpc) is 3.04. The van der Waals surface area contributed by atoms with Crippen LogP contribution < -0.4 is 9.64 Å². The number of halogens is 2. The summed E-state index contributed by atoms with van der Waals surface area (Å²) in [5.74, 6) is 2.15. The smallest absolute Gasteiger partial charge is 0.146 e. The number of ether oxygens (including phenoxy) is 1. The molecule has 168 valence electrons. The fourth-order valence-corrected chi connectivity index (χ4v) is 6.07. The van der Waals surface area contributed by atoms with Crippen LogP contribution in [0, 0.1) is 6.92 Å². The number of fused-ring (bicyclic) bond motifs is 1. The van der Waals surface area contributed by atoms with Gasteiger partial charge in [-0.1, -0.05) is 49.2 Å². The van der Waals surface area contributed by atoms with Gasteiger partial charge in [-0.3, -0.25) is 4.90 Å². The third-order valence-electron chi connectivity index (χ3n) is 6.33. The molecule has 2 aliphatic heterocycles. The zero-order valence-corrected chi connectivity index (χ0v) is 21.0. The van der Waals surface area contributed by atoms with Gasteiger partial charge in [0, 0.05) is 47.1 Å². The average molecular weight is 480 g/mol. The number of rotatable bonds is 7. The Labute approximate surface area is 201 Å². The molecule has 2 heterocycles. The molecule has 0 atom stereocenters. The van der Waals surface area contributed by atoms with Crippen molar-refractivity contribution >= 4 is 40.7 Å². The SMILES string of the molecule is Cc1cccc(Cl)c1SCCCCN1CCN(c2cc(Cl)cc3c2OCC3(C)C)CC1. The van der Waals surface area contributed by atoms with Gasteiger partial charge >= 0.3 is 0 Å². The fourth-order valence-electron chi connectivity index (χ4n) is 4.42. The summed E-state index contributed by atoms with van der Waals surface area (Å²) in [5.41, 5.74) is 3.70. The fraction of sp³-hybridized carbons (Fsp3) is 0.520. The van der Waals surface area contributed by atoms with E-state index in [-0.39, 0.29) is 5.41 Å². The highest BCUT2D eigenvalue weighted by Gasteiger charge is 2.35. The van der Waals surface area contributed by atoms with Crippen molar-refractivity contribution in [1.29, 1.82) is 0 Å². The number of unbranched alkanes of at least 4 members (excludes halogenated alkanes) is 1. The highest BCUT2D eigenvalue weighted by molar-refractivity contribution is 7.99. The first-order chi connectivity index (χ1) is 14.8. The van der Waals surface area contributed by atoms with Crippen molar-refractivity contribution in [3.63, 3.8) is 0 Å². The lowest BCUT2D eigenvalue weighted by Crippen LogP contribution is -2.46. The van der Waals surface area contributed by atoms with Gasteiger partial charge in [-0.2, -0.15) is 0 Å². The molecule has 0 radical (unpaired) electrons. The van der Waals surface area contributed by atoms with Gasteiger partial charge in [0.15, 0.2) is 0 Å².